The molecule has 2 aromatic rings. The molecule has 0 saturated carbocycles. The Bertz CT molecular complexity index is 708. The zero-order chi connectivity index (χ0) is 14.4. The maximum absolute atomic E-state index is 12.8. The van der Waals surface area contributed by atoms with Gasteiger partial charge < -0.3 is 4.40 Å². The molecule has 2 bridgehead atoms. The number of nitrogens with zero attached hydrogens (tertiary/aromatic N) is 2. The van der Waals surface area contributed by atoms with Crippen molar-refractivity contribution in [1.82, 2.24) is 9.38 Å². The quantitative estimate of drug-likeness (QED) is 0.801. The Balaban J connectivity index is 1.61. The van der Waals surface area contributed by atoms with Crippen LogP contribution in [0.1, 0.15) is 42.5 Å². The van der Waals surface area contributed by atoms with E-state index in [1.54, 1.807) is 6.20 Å². The van der Waals surface area contributed by atoms with Crippen LogP contribution >= 0.6 is 0 Å². The minimum absolute atomic E-state index is 0.0407. The number of Topliss-reactive ketones (excluding diaryl/α,β-unsaturated/α-hetero) is 1. The molecule has 4 nitrogen and oxygen atoms in total. The van der Waals surface area contributed by atoms with Crippen LogP contribution in [-0.4, -0.2) is 29.9 Å². The molecular weight excluding hydrogens is 284 g/mol. The molecule has 4 rings (SSSR count). The number of carbonyl (C=O) groups is 1. The smallest absolute Gasteiger partial charge is 0.167 e. The first kappa shape index (κ1) is 13.2. The molecule has 2 aliphatic heterocycles. The highest BCUT2D eigenvalue weighted by Gasteiger charge is 2.40. The molecular formula is C16H18N2O2S. The largest absolute Gasteiger partial charge is 0.306 e. The minimum atomic E-state index is -0.713. The van der Waals surface area contributed by atoms with Crippen molar-refractivity contribution in [2.75, 3.05) is 0 Å². The lowest BCUT2D eigenvalue weighted by atomic mass is 9.85. The van der Waals surface area contributed by atoms with E-state index in [2.05, 4.69) is 4.98 Å². The number of hydrogen-bond donors (Lipinski definition) is 0. The van der Waals surface area contributed by atoms with E-state index < -0.39 is 10.8 Å². The molecule has 0 N–H and O–H groups in total. The van der Waals surface area contributed by atoms with Crippen LogP contribution in [0.2, 0.25) is 0 Å². The number of imidazole rings is 1. The van der Waals surface area contributed by atoms with Gasteiger partial charge in [-0.15, -0.1) is 0 Å². The van der Waals surface area contributed by atoms with E-state index in [9.17, 15) is 9.00 Å². The van der Waals surface area contributed by atoms with Gasteiger partial charge in [-0.3, -0.25) is 9.00 Å². The molecule has 110 valence electrons. The zero-order valence-electron chi connectivity index (χ0n) is 11.8. The van der Waals surface area contributed by atoms with Crippen LogP contribution in [0.15, 0.2) is 30.7 Å². The van der Waals surface area contributed by atoms with E-state index >= 15 is 0 Å². The van der Waals surface area contributed by atoms with E-state index in [0.29, 0.717) is 0 Å². The second-order valence-electron chi connectivity index (χ2n) is 6.15. The summed E-state index contributed by atoms with van der Waals surface area (Å²) in [6, 6.07) is 3.75. The Kier molecular flexibility index (Phi) is 3.17. The molecule has 0 aromatic carbocycles. The summed E-state index contributed by atoms with van der Waals surface area (Å²) in [6.07, 6.45) is 10.3. The fourth-order valence-corrected chi connectivity index (χ4v) is 5.94. The van der Waals surface area contributed by atoms with Gasteiger partial charge in [0.25, 0.3) is 0 Å². The number of pyridine rings is 1. The van der Waals surface area contributed by atoms with Gasteiger partial charge in [0.1, 0.15) is 5.65 Å². The van der Waals surface area contributed by atoms with Gasteiger partial charge in [0.05, 0.1) is 0 Å². The van der Waals surface area contributed by atoms with Gasteiger partial charge in [-0.1, -0.05) is 6.42 Å². The predicted octanol–water partition coefficient (Wildman–Crippen LogP) is 2.60. The Labute approximate surface area is 126 Å². The highest BCUT2D eigenvalue weighted by atomic mass is 32.2. The van der Waals surface area contributed by atoms with Gasteiger partial charge >= 0.3 is 0 Å². The van der Waals surface area contributed by atoms with E-state index in [0.717, 1.165) is 36.9 Å². The van der Waals surface area contributed by atoms with Gasteiger partial charge in [0.15, 0.2) is 5.78 Å². The average molecular weight is 302 g/mol. The molecule has 4 heterocycles. The van der Waals surface area contributed by atoms with Crippen LogP contribution in [0.3, 0.4) is 0 Å². The lowest BCUT2D eigenvalue weighted by molar-refractivity contribution is 0.0895. The Hall–Kier alpha value is -1.49. The highest BCUT2D eigenvalue weighted by molar-refractivity contribution is 7.86. The molecule has 0 radical (unpaired) electrons. The first-order valence-corrected chi connectivity index (χ1v) is 8.86. The summed E-state index contributed by atoms with van der Waals surface area (Å²) < 4.78 is 14.1. The van der Waals surface area contributed by atoms with Crippen molar-refractivity contribution in [3.05, 3.63) is 36.3 Å². The number of rotatable bonds is 2. The van der Waals surface area contributed by atoms with E-state index in [4.69, 9.17) is 0 Å². The highest BCUT2D eigenvalue weighted by Crippen LogP contribution is 2.38. The summed E-state index contributed by atoms with van der Waals surface area (Å²) in [5.74, 6) is 0.248. The first-order valence-electron chi connectivity index (χ1n) is 7.58. The van der Waals surface area contributed by atoms with Gasteiger partial charge in [-0.05, 0) is 37.8 Å². The lowest BCUT2D eigenvalue weighted by Crippen LogP contribution is -2.41. The molecule has 2 atom stereocenters. The minimum Gasteiger partial charge on any atom is -0.306 e. The summed E-state index contributed by atoms with van der Waals surface area (Å²) in [4.78, 5) is 17.0. The SMILES string of the molecule is O=C(c1ccc2nccn2c1)C1CC2CCCC(C1)S2=O. The number of aromatic nitrogens is 2. The van der Waals surface area contributed by atoms with Gasteiger partial charge in [-0.25, -0.2) is 4.98 Å². The molecule has 0 spiro atoms. The van der Waals surface area contributed by atoms with Crippen LogP contribution in [-0.2, 0) is 10.8 Å². The lowest BCUT2D eigenvalue weighted by Gasteiger charge is -2.37. The van der Waals surface area contributed by atoms with Crippen molar-refractivity contribution in [3.63, 3.8) is 0 Å². The summed E-state index contributed by atoms with van der Waals surface area (Å²) in [5.41, 5.74) is 1.60. The summed E-state index contributed by atoms with van der Waals surface area (Å²) >= 11 is 0. The first-order chi connectivity index (χ1) is 10.2. The Morgan fingerprint density at radius 2 is 2.00 bits per heavy atom. The van der Waals surface area contributed by atoms with Crippen molar-refractivity contribution < 1.29 is 9.00 Å². The van der Waals surface area contributed by atoms with Crippen molar-refractivity contribution >= 4 is 22.2 Å². The normalized spacial score (nSPS) is 32.2. The van der Waals surface area contributed by atoms with Crippen LogP contribution in [0.25, 0.3) is 5.65 Å². The molecule has 2 unspecified atom stereocenters. The molecule has 2 aromatic heterocycles. The van der Waals surface area contributed by atoms with E-state index in [-0.39, 0.29) is 22.2 Å². The predicted molar refractivity (Wildman–Crippen MR) is 81.8 cm³/mol. The third-order valence-corrected chi connectivity index (χ3v) is 7.02. The van der Waals surface area contributed by atoms with Gasteiger partial charge in [0.2, 0.25) is 0 Å². The second-order valence-corrected chi connectivity index (χ2v) is 8.14. The number of ketones is 1. The average Bonchev–Trinajstić information content (AvgIpc) is 2.93. The van der Waals surface area contributed by atoms with Crippen molar-refractivity contribution in [2.24, 2.45) is 5.92 Å². The molecule has 0 aliphatic carbocycles. The fourth-order valence-electron chi connectivity index (χ4n) is 3.75. The van der Waals surface area contributed by atoms with Crippen LogP contribution < -0.4 is 0 Å². The van der Waals surface area contributed by atoms with Gasteiger partial charge in [-0.2, -0.15) is 0 Å². The maximum atomic E-state index is 12.8. The molecule has 2 saturated heterocycles. The van der Waals surface area contributed by atoms with Crippen LogP contribution in [0.4, 0.5) is 0 Å². The zero-order valence-corrected chi connectivity index (χ0v) is 12.6. The standard InChI is InChI=1S/C16H18N2O2S/c19-16(11-4-5-15-17-6-7-18(15)10-11)12-8-13-2-1-3-14(9-12)21(13)20/h4-7,10,12-14H,1-3,8-9H2. The molecule has 21 heavy (non-hydrogen) atoms. The molecule has 2 fully saturated rings. The van der Waals surface area contributed by atoms with Crippen molar-refractivity contribution in [1.29, 1.82) is 0 Å². The summed E-state index contributed by atoms with van der Waals surface area (Å²) in [6.45, 7) is 0. The third kappa shape index (κ3) is 2.24. The maximum Gasteiger partial charge on any atom is 0.167 e. The van der Waals surface area contributed by atoms with E-state index in [1.807, 2.05) is 28.9 Å². The van der Waals surface area contributed by atoms with Gasteiger partial charge in [0, 0.05) is 51.4 Å². The fraction of sp³-hybridized carbons (Fsp3) is 0.500. The third-order valence-electron chi connectivity index (χ3n) is 4.85. The Morgan fingerprint density at radius 3 is 2.76 bits per heavy atom. The van der Waals surface area contributed by atoms with Crippen LogP contribution in [0, 0.1) is 5.92 Å². The van der Waals surface area contributed by atoms with Crippen LogP contribution in [0.5, 0.6) is 0 Å². The summed E-state index contributed by atoms with van der Waals surface area (Å²) in [7, 11) is -0.713. The number of carbonyl (C=O) groups excluding carboxylic acids is 1. The number of hydrogen-bond acceptors (Lipinski definition) is 3. The summed E-state index contributed by atoms with van der Waals surface area (Å²) in [5, 5.41) is 0.479. The van der Waals surface area contributed by atoms with Crippen molar-refractivity contribution in [2.45, 2.75) is 42.6 Å². The Morgan fingerprint density at radius 1 is 1.24 bits per heavy atom. The monoisotopic (exact) mass is 302 g/mol. The molecule has 0 amide bonds. The molecule has 5 heteroatoms. The topological polar surface area (TPSA) is 51.4 Å². The number of fused-ring (bicyclic) bond motifs is 3. The second kappa shape index (κ2) is 5.05. The van der Waals surface area contributed by atoms with Crippen molar-refractivity contribution in [3.8, 4) is 0 Å². The van der Waals surface area contributed by atoms with E-state index in [1.165, 1.54) is 6.42 Å². The molecule has 2 aliphatic rings.